The number of rotatable bonds is 10. The van der Waals surface area contributed by atoms with Crippen molar-refractivity contribution in [2.75, 3.05) is 0 Å². The molecule has 0 fully saturated rings. The smallest absolute Gasteiger partial charge is 0.143 e. The zero-order chi connectivity index (χ0) is 21.7. The number of unbranched alkanes of at least 4 members (excludes halogenated alkanes) is 6. The number of nitrogens with zero attached hydrogens (tertiary/aromatic N) is 4. The highest BCUT2D eigenvalue weighted by atomic mass is 32.1. The summed E-state index contributed by atoms with van der Waals surface area (Å²) in [6.45, 7) is 4.45. The van der Waals surface area contributed by atoms with Crippen LogP contribution in [0.25, 0.3) is 0 Å². The molecule has 3 rings (SSSR count). The maximum Gasteiger partial charge on any atom is 0.191 e. The van der Waals surface area contributed by atoms with Gasteiger partial charge in [-0.3, -0.25) is 0 Å². The van der Waals surface area contributed by atoms with Crippen molar-refractivity contribution in [3.05, 3.63) is 41.9 Å². The van der Waals surface area contributed by atoms with Gasteiger partial charge in [-0.2, -0.15) is 0 Å². The van der Waals surface area contributed by atoms with Crippen LogP contribution in [0.1, 0.15) is 95.0 Å². The second-order valence-electron chi connectivity index (χ2n) is 7.29. The highest BCUT2D eigenvalue weighted by Gasteiger charge is 2.03. The lowest BCUT2D eigenvalue weighted by Crippen LogP contribution is -1.84. The van der Waals surface area contributed by atoms with Crippen molar-refractivity contribution < 1.29 is 0 Å². The van der Waals surface area contributed by atoms with Crippen LogP contribution in [-0.2, 0) is 12.8 Å². The summed E-state index contributed by atoms with van der Waals surface area (Å²) < 4.78 is 0. The molecule has 0 saturated carbocycles. The first-order valence-corrected chi connectivity index (χ1v) is 13.5. The van der Waals surface area contributed by atoms with Crippen LogP contribution in [0.4, 0.5) is 0 Å². The van der Waals surface area contributed by atoms with E-state index in [1.54, 1.807) is 34.0 Å². The van der Waals surface area contributed by atoms with Gasteiger partial charge in [0.2, 0.25) is 0 Å². The molecule has 0 bridgehead atoms. The van der Waals surface area contributed by atoms with Gasteiger partial charge in [0, 0.05) is 12.8 Å². The van der Waals surface area contributed by atoms with Crippen molar-refractivity contribution in [2.24, 2.45) is 0 Å². The van der Waals surface area contributed by atoms with Gasteiger partial charge < -0.3 is 0 Å². The van der Waals surface area contributed by atoms with Crippen LogP contribution in [0.15, 0.2) is 12.1 Å². The van der Waals surface area contributed by atoms with Crippen molar-refractivity contribution in [1.29, 1.82) is 0 Å². The molecule has 0 aliphatic heterocycles. The number of aryl methyl sites for hydroxylation is 2. The molecule has 7 heteroatoms. The second-order valence-corrected chi connectivity index (χ2v) is 10.5. The Balaban J connectivity index is 1.51. The van der Waals surface area contributed by atoms with Gasteiger partial charge in [-0.1, -0.05) is 75.0 Å². The van der Waals surface area contributed by atoms with E-state index >= 15 is 0 Å². The minimum atomic E-state index is 0.784. The lowest BCUT2D eigenvalue weighted by atomic mass is 10.2. The third-order valence-corrected chi connectivity index (χ3v) is 7.33. The molecule has 0 spiro atoms. The van der Waals surface area contributed by atoms with Crippen molar-refractivity contribution in [3.63, 3.8) is 0 Å². The van der Waals surface area contributed by atoms with E-state index in [0.29, 0.717) is 0 Å². The normalized spacial score (nSPS) is 10.4. The maximum atomic E-state index is 4.26. The fourth-order valence-corrected chi connectivity index (χ4v) is 5.10. The molecule has 4 nitrogen and oxygen atoms in total. The van der Waals surface area contributed by atoms with Crippen LogP contribution in [0.3, 0.4) is 0 Å². The van der Waals surface area contributed by atoms with Gasteiger partial charge in [0.1, 0.15) is 10.0 Å². The molecule has 0 unspecified atom stereocenters. The largest absolute Gasteiger partial charge is 0.191 e. The van der Waals surface area contributed by atoms with Gasteiger partial charge in [0.05, 0.1) is 9.75 Å². The number of hydrogen-bond acceptors (Lipinski definition) is 7. The van der Waals surface area contributed by atoms with Crippen molar-refractivity contribution in [2.45, 2.75) is 78.1 Å². The summed E-state index contributed by atoms with van der Waals surface area (Å²) in [6, 6.07) is 4.02. The Morgan fingerprint density at radius 2 is 1.06 bits per heavy atom. The summed E-state index contributed by atoms with van der Waals surface area (Å²) in [4.78, 5) is 1.97. The monoisotopic (exact) mass is 468 g/mol. The lowest BCUT2D eigenvalue weighted by molar-refractivity contribution is 0.663. The molecule has 0 amide bonds. The first-order chi connectivity index (χ1) is 15.3. The quantitative estimate of drug-likeness (QED) is 0.252. The predicted octanol–water partition coefficient (Wildman–Crippen LogP) is 6.50. The molecule has 0 saturated heterocycles. The van der Waals surface area contributed by atoms with Crippen LogP contribution in [0, 0.1) is 23.7 Å². The molecule has 0 aromatic carbocycles. The van der Waals surface area contributed by atoms with E-state index in [1.807, 2.05) is 12.1 Å². The molecular weight excluding hydrogens is 440 g/mol. The van der Waals surface area contributed by atoms with Gasteiger partial charge in [0.25, 0.3) is 0 Å². The van der Waals surface area contributed by atoms with Crippen molar-refractivity contribution >= 4 is 34.0 Å². The molecule has 162 valence electrons. The number of aromatic nitrogens is 4. The third-order valence-electron chi connectivity index (χ3n) is 4.61. The van der Waals surface area contributed by atoms with E-state index in [9.17, 15) is 0 Å². The van der Waals surface area contributed by atoms with Crippen LogP contribution >= 0.6 is 34.0 Å². The molecule has 0 atom stereocenters. The summed E-state index contributed by atoms with van der Waals surface area (Å²) in [5.74, 6) is 12.7. The summed E-state index contributed by atoms with van der Waals surface area (Å²) in [5.41, 5.74) is 0. The van der Waals surface area contributed by atoms with Gasteiger partial charge in [-0.25, -0.2) is 0 Å². The fraction of sp³-hybridized carbons (Fsp3) is 0.500. The zero-order valence-electron chi connectivity index (χ0n) is 18.2. The zero-order valence-corrected chi connectivity index (χ0v) is 20.7. The first-order valence-electron chi connectivity index (χ1n) is 11.1. The van der Waals surface area contributed by atoms with Gasteiger partial charge in [0.15, 0.2) is 10.0 Å². The predicted molar refractivity (Wildman–Crippen MR) is 132 cm³/mol. The Labute approximate surface area is 197 Å². The Kier molecular flexibility index (Phi) is 10.2. The third kappa shape index (κ3) is 8.53. The van der Waals surface area contributed by atoms with Crippen LogP contribution in [0.5, 0.6) is 0 Å². The maximum absolute atomic E-state index is 4.26. The molecule has 3 heterocycles. The van der Waals surface area contributed by atoms with Gasteiger partial charge in [-0.15, -0.1) is 31.7 Å². The van der Waals surface area contributed by atoms with E-state index < -0.39 is 0 Å². The van der Waals surface area contributed by atoms with E-state index in [0.717, 1.165) is 42.6 Å². The fourth-order valence-electron chi connectivity index (χ4n) is 2.92. The Bertz CT molecular complexity index is 973. The Morgan fingerprint density at radius 1 is 0.581 bits per heavy atom. The molecule has 3 aromatic rings. The molecule has 31 heavy (non-hydrogen) atoms. The van der Waals surface area contributed by atoms with Crippen LogP contribution in [-0.4, -0.2) is 20.4 Å². The molecule has 0 aliphatic rings. The Hall–Kier alpha value is -2.06. The SMILES string of the molecule is CCCCCCc1nnc(C#Cc2ccc(C#Cc3nnc(CCCCCC)s3)s2)s1. The highest BCUT2D eigenvalue weighted by Crippen LogP contribution is 2.17. The molecule has 0 N–H and O–H groups in total. The molecule has 0 aliphatic carbocycles. The molecule has 3 aromatic heterocycles. The average Bonchev–Trinajstić information content (AvgIpc) is 3.53. The van der Waals surface area contributed by atoms with Crippen LogP contribution in [0.2, 0.25) is 0 Å². The van der Waals surface area contributed by atoms with Gasteiger partial charge >= 0.3 is 0 Å². The topological polar surface area (TPSA) is 51.6 Å². The molecular formula is C24H28N4S3. The van der Waals surface area contributed by atoms with E-state index in [4.69, 9.17) is 0 Å². The molecule has 0 radical (unpaired) electrons. The van der Waals surface area contributed by atoms with Crippen LogP contribution < -0.4 is 0 Å². The summed E-state index contributed by atoms with van der Waals surface area (Å²) in [6.07, 6.45) is 12.0. The summed E-state index contributed by atoms with van der Waals surface area (Å²) >= 11 is 4.79. The highest BCUT2D eigenvalue weighted by molar-refractivity contribution is 7.13. The van der Waals surface area contributed by atoms with E-state index in [-0.39, 0.29) is 0 Å². The summed E-state index contributed by atoms with van der Waals surface area (Å²) in [5, 5.41) is 20.7. The lowest BCUT2D eigenvalue weighted by Gasteiger charge is -1.94. The van der Waals surface area contributed by atoms with E-state index in [2.05, 4.69) is 57.9 Å². The minimum Gasteiger partial charge on any atom is -0.143 e. The van der Waals surface area contributed by atoms with Crippen molar-refractivity contribution in [3.8, 4) is 23.7 Å². The van der Waals surface area contributed by atoms with Gasteiger partial charge in [-0.05, 0) is 48.7 Å². The minimum absolute atomic E-state index is 0.784. The van der Waals surface area contributed by atoms with E-state index in [1.165, 1.54) is 51.4 Å². The standard InChI is InChI=1S/C24H28N4S3/c1-3-5-7-9-11-21-25-27-23(30-21)17-15-19-13-14-20(29-19)16-18-24-28-26-22(31-24)12-10-8-6-4-2/h13-14H,3-12H2,1-2H3. The Morgan fingerprint density at radius 3 is 1.52 bits per heavy atom. The first kappa shape index (κ1) is 23.6. The second kappa shape index (κ2) is 13.4. The number of thiophene rings is 1. The summed E-state index contributed by atoms with van der Waals surface area (Å²) in [7, 11) is 0. The number of hydrogen-bond donors (Lipinski definition) is 0. The van der Waals surface area contributed by atoms with Crippen molar-refractivity contribution in [1.82, 2.24) is 20.4 Å². The average molecular weight is 469 g/mol.